The Labute approximate surface area is 104 Å². The number of halogens is 2. The topological polar surface area (TPSA) is 67.8 Å². The molecule has 74 valence electrons. The van der Waals surface area contributed by atoms with Crippen LogP contribution in [0.3, 0.4) is 0 Å². The summed E-state index contributed by atoms with van der Waals surface area (Å²) in [6.45, 7) is 0. The molecule has 5 heteroatoms. The van der Waals surface area contributed by atoms with Gasteiger partial charge in [0.2, 0.25) is 0 Å². The number of aromatic hydroxyl groups is 1. The van der Waals surface area contributed by atoms with Crippen molar-refractivity contribution in [2.45, 2.75) is 0 Å². The number of rotatable bonds is 1. The first-order valence-corrected chi connectivity index (χ1v) is 5.37. The molecular formula is C10H4Br2N2O. The van der Waals surface area contributed by atoms with E-state index in [-0.39, 0.29) is 11.3 Å². The molecule has 0 aliphatic rings. The predicted molar refractivity (Wildman–Crippen MR) is 62.7 cm³/mol. The predicted octanol–water partition coefficient (Wildman–Crippen LogP) is 3.35. The summed E-state index contributed by atoms with van der Waals surface area (Å²) in [7, 11) is 0. The van der Waals surface area contributed by atoms with E-state index in [1.807, 2.05) is 0 Å². The van der Waals surface area contributed by atoms with Gasteiger partial charge < -0.3 is 5.11 Å². The Morgan fingerprint density at radius 3 is 2.40 bits per heavy atom. The number of phenolic OH excluding ortho intramolecular Hbond substituents is 1. The van der Waals surface area contributed by atoms with E-state index in [0.717, 1.165) is 4.47 Å². The van der Waals surface area contributed by atoms with Crippen LogP contribution in [0.25, 0.3) is 6.08 Å². The number of phenols is 1. The van der Waals surface area contributed by atoms with Gasteiger partial charge in [-0.25, -0.2) is 0 Å². The van der Waals surface area contributed by atoms with Crippen molar-refractivity contribution in [3.05, 3.63) is 32.2 Å². The van der Waals surface area contributed by atoms with Gasteiger partial charge in [0.05, 0.1) is 4.47 Å². The second-order valence-corrected chi connectivity index (χ2v) is 4.38. The van der Waals surface area contributed by atoms with Crippen LogP contribution < -0.4 is 0 Å². The maximum Gasteiger partial charge on any atom is 0.137 e. The summed E-state index contributed by atoms with van der Waals surface area (Å²) in [5.74, 6) is 0.00111. The number of nitrogens with zero attached hydrogens (tertiary/aromatic N) is 2. The minimum atomic E-state index is -0.0599. The lowest BCUT2D eigenvalue weighted by atomic mass is 10.1. The molecule has 0 unspecified atom stereocenters. The molecule has 0 heterocycles. The zero-order valence-electron chi connectivity index (χ0n) is 7.33. The summed E-state index contributed by atoms with van der Waals surface area (Å²) in [4.78, 5) is 0. The number of benzene rings is 1. The highest BCUT2D eigenvalue weighted by Crippen LogP contribution is 2.32. The van der Waals surface area contributed by atoms with Gasteiger partial charge in [-0.1, -0.05) is 15.9 Å². The van der Waals surface area contributed by atoms with Gasteiger partial charge in [0, 0.05) is 10.0 Å². The van der Waals surface area contributed by atoms with E-state index < -0.39 is 0 Å². The number of nitriles is 2. The first-order valence-electron chi connectivity index (χ1n) is 3.78. The summed E-state index contributed by atoms with van der Waals surface area (Å²) >= 11 is 6.40. The Morgan fingerprint density at radius 1 is 1.27 bits per heavy atom. The SMILES string of the molecule is N#CC(C#N)=Cc1cc(Br)cc(Br)c1O. The highest BCUT2D eigenvalue weighted by molar-refractivity contribution is 9.11. The zero-order valence-corrected chi connectivity index (χ0v) is 10.5. The van der Waals surface area contributed by atoms with Gasteiger partial charge in [-0.05, 0) is 34.1 Å². The minimum Gasteiger partial charge on any atom is -0.506 e. The van der Waals surface area contributed by atoms with Gasteiger partial charge in [-0.3, -0.25) is 0 Å². The standard InChI is InChI=1S/C10H4Br2N2O/c11-8-2-7(1-6(4-13)5-14)10(15)9(12)3-8/h1-3,15H. The van der Waals surface area contributed by atoms with Crippen LogP contribution in [0, 0.1) is 22.7 Å². The molecule has 0 atom stereocenters. The third-order valence-corrected chi connectivity index (χ3v) is 2.66. The Bertz CT molecular complexity index is 493. The highest BCUT2D eigenvalue weighted by atomic mass is 79.9. The lowest BCUT2D eigenvalue weighted by Crippen LogP contribution is -1.80. The molecule has 1 N–H and O–H groups in total. The molecule has 3 nitrogen and oxygen atoms in total. The lowest BCUT2D eigenvalue weighted by Gasteiger charge is -2.02. The number of hydrogen-bond acceptors (Lipinski definition) is 3. The average molecular weight is 328 g/mol. The molecule has 0 fully saturated rings. The molecule has 0 saturated carbocycles. The van der Waals surface area contributed by atoms with E-state index in [1.165, 1.54) is 6.08 Å². The second-order valence-electron chi connectivity index (χ2n) is 2.61. The Morgan fingerprint density at radius 2 is 1.87 bits per heavy atom. The minimum absolute atomic E-state index is 0.00111. The van der Waals surface area contributed by atoms with E-state index in [9.17, 15) is 5.11 Å². The van der Waals surface area contributed by atoms with Gasteiger partial charge >= 0.3 is 0 Å². The fourth-order valence-electron chi connectivity index (χ4n) is 0.941. The molecular weight excluding hydrogens is 324 g/mol. The summed E-state index contributed by atoms with van der Waals surface area (Å²) in [6, 6.07) is 6.74. The van der Waals surface area contributed by atoms with E-state index in [2.05, 4.69) is 31.9 Å². The lowest BCUT2D eigenvalue weighted by molar-refractivity contribution is 0.470. The van der Waals surface area contributed by atoms with Crippen LogP contribution in [-0.4, -0.2) is 5.11 Å². The molecule has 0 amide bonds. The van der Waals surface area contributed by atoms with Gasteiger partial charge in [-0.2, -0.15) is 10.5 Å². The van der Waals surface area contributed by atoms with Crippen molar-refractivity contribution < 1.29 is 5.11 Å². The molecule has 0 aromatic heterocycles. The van der Waals surface area contributed by atoms with Gasteiger partial charge in [-0.15, -0.1) is 0 Å². The summed E-state index contributed by atoms with van der Waals surface area (Å²) in [6.07, 6.45) is 1.32. The van der Waals surface area contributed by atoms with Gasteiger partial charge in [0.1, 0.15) is 23.5 Å². The summed E-state index contributed by atoms with van der Waals surface area (Å²) in [5, 5.41) is 26.8. The van der Waals surface area contributed by atoms with E-state index in [0.29, 0.717) is 10.0 Å². The fraction of sp³-hybridized carbons (Fsp3) is 0. The first kappa shape index (κ1) is 11.8. The smallest absolute Gasteiger partial charge is 0.137 e. The quantitative estimate of drug-likeness (QED) is 0.804. The van der Waals surface area contributed by atoms with Crippen molar-refractivity contribution in [2.75, 3.05) is 0 Å². The number of hydrogen-bond donors (Lipinski definition) is 1. The molecule has 1 aromatic carbocycles. The molecule has 1 aromatic rings. The van der Waals surface area contributed by atoms with Crippen LogP contribution in [-0.2, 0) is 0 Å². The normalized spacial score (nSPS) is 8.80. The summed E-state index contributed by atoms with van der Waals surface area (Å²) in [5.41, 5.74) is 0.352. The van der Waals surface area contributed by atoms with E-state index in [4.69, 9.17) is 10.5 Å². The van der Waals surface area contributed by atoms with Crippen molar-refractivity contribution in [2.24, 2.45) is 0 Å². The molecule has 0 spiro atoms. The van der Waals surface area contributed by atoms with Gasteiger partial charge in [0.25, 0.3) is 0 Å². The van der Waals surface area contributed by atoms with Gasteiger partial charge in [0.15, 0.2) is 0 Å². The van der Waals surface area contributed by atoms with Crippen LogP contribution in [0.2, 0.25) is 0 Å². The van der Waals surface area contributed by atoms with Crippen molar-refractivity contribution in [3.63, 3.8) is 0 Å². The molecule has 15 heavy (non-hydrogen) atoms. The number of allylic oxidation sites excluding steroid dienone is 1. The molecule has 0 bridgehead atoms. The van der Waals surface area contributed by atoms with Crippen molar-refractivity contribution in [3.8, 4) is 17.9 Å². The monoisotopic (exact) mass is 326 g/mol. The molecule has 0 aliphatic heterocycles. The average Bonchev–Trinajstić information content (AvgIpc) is 2.21. The van der Waals surface area contributed by atoms with Crippen LogP contribution in [0.1, 0.15) is 5.56 Å². The third-order valence-electron chi connectivity index (χ3n) is 1.60. The maximum absolute atomic E-state index is 9.63. The summed E-state index contributed by atoms with van der Waals surface area (Å²) < 4.78 is 1.24. The Kier molecular flexibility index (Phi) is 3.90. The largest absolute Gasteiger partial charge is 0.506 e. The van der Waals surface area contributed by atoms with Crippen molar-refractivity contribution in [1.82, 2.24) is 0 Å². The highest BCUT2D eigenvalue weighted by Gasteiger charge is 2.06. The van der Waals surface area contributed by atoms with Crippen molar-refractivity contribution >= 4 is 37.9 Å². The Balaban J connectivity index is 3.35. The Hall–Kier alpha value is -1.30. The zero-order chi connectivity index (χ0) is 11.4. The van der Waals surface area contributed by atoms with Crippen LogP contribution in [0.4, 0.5) is 0 Å². The van der Waals surface area contributed by atoms with E-state index in [1.54, 1.807) is 24.3 Å². The van der Waals surface area contributed by atoms with Crippen molar-refractivity contribution in [1.29, 1.82) is 10.5 Å². The maximum atomic E-state index is 9.63. The van der Waals surface area contributed by atoms with Crippen LogP contribution in [0.15, 0.2) is 26.7 Å². The van der Waals surface area contributed by atoms with Crippen LogP contribution in [0.5, 0.6) is 5.75 Å². The second kappa shape index (κ2) is 4.97. The van der Waals surface area contributed by atoms with E-state index >= 15 is 0 Å². The fourth-order valence-corrected chi connectivity index (χ4v) is 2.20. The molecule has 0 aliphatic carbocycles. The molecule has 0 saturated heterocycles. The first-order chi connectivity index (χ1) is 7.08. The third kappa shape index (κ3) is 2.82. The molecule has 0 radical (unpaired) electrons. The molecule has 1 rings (SSSR count). The van der Waals surface area contributed by atoms with Crippen LogP contribution >= 0.6 is 31.9 Å².